The van der Waals surface area contributed by atoms with Gasteiger partial charge in [-0.1, -0.05) is 18.0 Å². The van der Waals surface area contributed by atoms with Crippen molar-refractivity contribution in [2.75, 3.05) is 6.61 Å². The second kappa shape index (κ2) is 7.14. The first-order valence-electron chi connectivity index (χ1n) is 8.99. The van der Waals surface area contributed by atoms with E-state index in [2.05, 4.69) is 15.0 Å². The number of phosphoric acid groups is 1. The lowest BCUT2D eigenvalue weighted by Gasteiger charge is -2.36. The van der Waals surface area contributed by atoms with Gasteiger partial charge < -0.3 is 4.74 Å². The van der Waals surface area contributed by atoms with Gasteiger partial charge in [0.15, 0.2) is 6.23 Å². The predicted octanol–water partition coefficient (Wildman–Crippen LogP) is 1.99. The molecule has 4 rings (SSSR count). The number of azide groups is 1. The molecule has 3 heterocycles. The number of hydrogen-bond acceptors (Lipinski definition) is 8. The molecule has 5 atom stereocenters. The van der Waals surface area contributed by atoms with Crippen molar-refractivity contribution in [3.63, 3.8) is 0 Å². The monoisotopic (exact) mass is 413 g/mol. The molecule has 0 spiro atoms. The molecule has 3 aliphatic rings. The third-order valence-electron chi connectivity index (χ3n) is 5.30. The molecule has 1 aromatic heterocycles. The Morgan fingerprint density at radius 3 is 2.86 bits per heavy atom. The van der Waals surface area contributed by atoms with Gasteiger partial charge in [-0.25, -0.2) is 9.36 Å². The van der Waals surface area contributed by atoms with Crippen molar-refractivity contribution in [1.82, 2.24) is 9.55 Å². The second-order valence-corrected chi connectivity index (χ2v) is 8.81. The molecule has 152 valence electrons. The molecule has 3 fully saturated rings. The summed E-state index contributed by atoms with van der Waals surface area (Å²) in [5.41, 5.74) is 6.35. The van der Waals surface area contributed by atoms with Gasteiger partial charge in [-0.2, -0.15) is 0 Å². The Hall–Kier alpha value is -1.94. The Balaban J connectivity index is 1.66. The number of phosphoric ester groups is 1. The second-order valence-electron chi connectivity index (χ2n) is 7.24. The minimum absolute atomic E-state index is 0.111. The first-order chi connectivity index (χ1) is 13.3. The van der Waals surface area contributed by atoms with Crippen LogP contribution in [0, 0.1) is 0 Å². The molecule has 0 bridgehead atoms. The van der Waals surface area contributed by atoms with Crippen molar-refractivity contribution in [2.24, 2.45) is 5.11 Å². The normalized spacial score (nSPS) is 38.1. The van der Waals surface area contributed by atoms with Crippen LogP contribution in [-0.2, 0) is 22.9 Å². The van der Waals surface area contributed by atoms with Crippen LogP contribution in [0.1, 0.15) is 38.8 Å². The molecular formula is C15H20N5O7P. The van der Waals surface area contributed by atoms with Crippen LogP contribution in [0.15, 0.2) is 27.0 Å². The van der Waals surface area contributed by atoms with E-state index in [0.29, 0.717) is 0 Å². The predicted molar refractivity (Wildman–Crippen MR) is 94.6 cm³/mol. The minimum Gasteiger partial charge on any atom is -0.349 e. The van der Waals surface area contributed by atoms with Gasteiger partial charge in [0, 0.05) is 17.2 Å². The summed E-state index contributed by atoms with van der Waals surface area (Å²) in [4.78, 5) is 28.6. The topological polar surface area (TPSA) is 158 Å². The Bertz CT molecular complexity index is 966. The molecule has 12 nitrogen and oxygen atoms in total. The van der Waals surface area contributed by atoms with E-state index in [1.165, 1.54) is 13.1 Å². The molecule has 2 saturated heterocycles. The smallest absolute Gasteiger partial charge is 0.349 e. The summed E-state index contributed by atoms with van der Waals surface area (Å²) in [6.07, 6.45) is 1.72. The van der Waals surface area contributed by atoms with Gasteiger partial charge in [0.1, 0.15) is 17.7 Å². The zero-order valence-electron chi connectivity index (χ0n) is 15.1. The zero-order valence-corrected chi connectivity index (χ0v) is 16.0. The van der Waals surface area contributed by atoms with Crippen LogP contribution in [0.5, 0.6) is 0 Å². The van der Waals surface area contributed by atoms with Crippen molar-refractivity contribution in [1.29, 1.82) is 0 Å². The summed E-state index contributed by atoms with van der Waals surface area (Å²) in [7, 11) is -3.88. The fourth-order valence-corrected chi connectivity index (χ4v) is 5.62. The number of aromatic nitrogens is 2. The third kappa shape index (κ3) is 3.32. The van der Waals surface area contributed by atoms with Gasteiger partial charge in [0.2, 0.25) is 0 Å². The lowest BCUT2D eigenvalue weighted by molar-refractivity contribution is -0.0759. The van der Waals surface area contributed by atoms with E-state index in [4.69, 9.17) is 23.8 Å². The zero-order chi connectivity index (χ0) is 19.9. The van der Waals surface area contributed by atoms with Crippen LogP contribution < -0.4 is 11.2 Å². The number of ether oxygens (including phenoxy) is 1. The Morgan fingerprint density at radius 2 is 2.18 bits per heavy atom. The van der Waals surface area contributed by atoms with Gasteiger partial charge in [-0.3, -0.25) is 27.9 Å². The standard InChI is InChI=1S/C15H20N5O7P/c1-15(18-19-16)12-10(25-13(15)20-7-6-11(21)17-14(20)22)8-24-28(23,27-12)26-9-4-2-3-5-9/h6-7,9-10,12-13H,2-5,8H2,1H3,(H,17,21,22)/t10-,12-,13-,15-,28+/m1/s1. The number of nitrogens with zero attached hydrogens (tertiary/aromatic N) is 4. The Morgan fingerprint density at radius 1 is 1.43 bits per heavy atom. The SMILES string of the molecule is C[C@@]1(N=[N+]=[N-])[C@@H]2O[P@](=O)(OC3CCCC3)OC[C@H]2O[C@H]1n1ccc(=O)[nH]c1=O. The summed E-state index contributed by atoms with van der Waals surface area (Å²) in [6, 6.07) is 1.15. The molecule has 2 aliphatic heterocycles. The van der Waals surface area contributed by atoms with Crippen LogP contribution >= 0.6 is 7.82 Å². The van der Waals surface area contributed by atoms with Crippen molar-refractivity contribution in [2.45, 2.75) is 62.7 Å². The van der Waals surface area contributed by atoms with Gasteiger partial charge in [-0.05, 0) is 25.3 Å². The maximum absolute atomic E-state index is 13.0. The molecule has 28 heavy (non-hydrogen) atoms. The summed E-state index contributed by atoms with van der Waals surface area (Å²) >= 11 is 0. The molecule has 0 aromatic carbocycles. The average Bonchev–Trinajstić information content (AvgIpc) is 3.22. The van der Waals surface area contributed by atoms with Gasteiger partial charge >= 0.3 is 13.5 Å². The van der Waals surface area contributed by atoms with Crippen LogP contribution in [-0.4, -0.2) is 40.0 Å². The lowest BCUT2D eigenvalue weighted by atomic mass is 9.93. The first-order valence-corrected chi connectivity index (χ1v) is 10.5. The maximum Gasteiger partial charge on any atom is 0.475 e. The third-order valence-corrected chi connectivity index (χ3v) is 6.81. The summed E-state index contributed by atoms with van der Waals surface area (Å²) in [5, 5.41) is 3.81. The first kappa shape index (κ1) is 19.4. The van der Waals surface area contributed by atoms with E-state index in [9.17, 15) is 14.2 Å². The molecule has 0 radical (unpaired) electrons. The van der Waals surface area contributed by atoms with Gasteiger partial charge in [-0.15, -0.1) is 0 Å². The van der Waals surface area contributed by atoms with Crippen molar-refractivity contribution in [3.05, 3.63) is 43.5 Å². The molecule has 1 aromatic rings. The van der Waals surface area contributed by atoms with E-state index in [-0.39, 0.29) is 12.7 Å². The molecule has 1 saturated carbocycles. The Labute approximate surface area is 159 Å². The highest BCUT2D eigenvalue weighted by Gasteiger charge is 2.61. The highest BCUT2D eigenvalue weighted by atomic mass is 31.2. The highest BCUT2D eigenvalue weighted by Crippen LogP contribution is 2.60. The van der Waals surface area contributed by atoms with Gasteiger partial charge in [0.05, 0.1) is 12.7 Å². The summed E-state index contributed by atoms with van der Waals surface area (Å²) < 4.78 is 36.6. The van der Waals surface area contributed by atoms with Crippen LogP contribution in [0.25, 0.3) is 10.4 Å². The fourth-order valence-electron chi connectivity index (χ4n) is 3.92. The number of fused-ring (bicyclic) bond motifs is 1. The fraction of sp³-hybridized carbons (Fsp3) is 0.733. The number of nitrogens with one attached hydrogen (secondary N) is 1. The van der Waals surface area contributed by atoms with E-state index in [0.717, 1.165) is 36.3 Å². The van der Waals surface area contributed by atoms with Crippen LogP contribution in [0.3, 0.4) is 0 Å². The van der Waals surface area contributed by atoms with Crippen molar-refractivity contribution < 1.29 is 22.9 Å². The lowest BCUT2D eigenvalue weighted by Crippen LogP contribution is -2.48. The van der Waals surface area contributed by atoms with Crippen molar-refractivity contribution in [3.8, 4) is 0 Å². The number of H-pyrrole nitrogens is 1. The summed E-state index contributed by atoms with van der Waals surface area (Å²) in [6.45, 7) is 1.42. The maximum atomic E-state index is 13.0. The minimum atomic E-state index is -3.88. The number of rotatable bonds is 4. The molecule has 0 amide bonds. The molecule has 1 N–H and O–H groups in total. The molecule has 0 unspecified atom stereocenters. The van der Waals surface area contributed by atoms with E-state index in [1.807, 2.05) is 0 Å². The van der Waals surface area contributed by atoms with E-state index in [1.54, 1.807) is 0 Å². The van der Waals surface area contributed by atoms with Crippen LogP contribution in [0.2, 0.25) is 0 Å². The quantitative estimate of drug-likeness (QED) is 0.342. The molecule has 1 aliphatic carbocycles. The molecular weight excluding hydrogens is 393 g/mol. The Kier molecular flexibility index (Phi) is 4.95. The molecule has 13 heteroatoms. The number of hydrogen-bond donors (Lipinski definition) is 1. The summed E-state index contributed by atoms with van der Waals surface area (Å²) in [5.74, 6) is 0. The highest BCUT2D eigenvalue weighted by molar-refractivity contribution is 7.48. The van der Waals surface area contributed by atoms with E-state index >= 15 is 0 Å². The van der Waals surface area contributed by atoms with Gasteiger partial charge in [0.25, 0.3) is 5.56 Å². The number of aromatic amines is 1. The van der Waals surface area contributed by atoms with Crippen LogP contribution in [0.4, 0.5) is 0 Å². The largest absolute Gasteiger partial charge is 0.475 e. The van der Waals surface area contributed by atoms with Crippen molar-refractivity contribution >= 4 is 7.82 Å². The van der Waals surface area contributed by atoms with E-state index < -0.39 is 43.0 Å². The average molecular weight is 413 g/mol.